The average molecular weight is 283 g/mol. The van der Waals surface area contributed by atoms with Crippen LogP contribution in [0.2, 0.25) is 0 Å². The molecule has 0 saturated carbocycles. The van der Waals surface area contributed by atoms with Crippen molar-refractivity contribution in [2.45, 2.75) is 33.2 Å². The molecule has 4 nitrogen and oxygen atoms in total. The first-order valence-electron chi connectivity index (χ1n) is 7.24. The number of hydrogen-bond donors (Lipinski definition) is 1. The van der Waals surface area contributed by atoms with E-state index >= 15 is 0 Å². The summed E-state index contributed by atoms with van der Waals surface area (Å²) in [6.07, 6.45) is 4.70. The fourth-order valence-electron chi connectivity index (χ4n) is 2.14. The van der Waals surface area contributed by atoms with E-state index in [1.807, 2.05) is 48.0 Å². The Morgan fingerprint density at radius 3 is 2.62 bits per heavy atom. The van der Waals surface area contributed by atoms with Crippen molar-refractivity contribution < 1.29 is 4.79 Å². The van der Waals surface area contributed by atoms with Gasteiger partial charge in [-0.05, 0) is 43.2 Å². The monoisotopic (exact) mass is 283 g/mol. The highest BCUT2D eigenvalue weighted by Gasteiger charge is 2.08. The second-order valence-electron chi connectivity index (χ2n) is 4.94. The van der Waals surface area contributed by atoms with Gasteiger partial charge in [-0.3, -0.25) is 9.48 Å². The minimum atomic E-state index is 0.0732. The second-order valence-corrected chi connectivity index (χ2v) is 4.94. The maximum atomic E-state index is 12.1. The summed E-state index contributed by atoms with van der Waals surface area (Å²) in [7, 11) is 0. The van der Waals surface area contributed by atoms with Crippen LogP contribution in [-0.2, 0) is 24.2 Å². The molecule has 110 valence electrons. The van der Waals surface area contributed by atoms with Gasteiger partial charge < -0.3 is 5.73 Å². The lowest BCUT2D eigenvalue weighted by Crippen LogP contribution is -2.07. The summed E-state index contributed by atoms with van der Waals surface area (Å²) in [4.78, 5) is 12.1. The lowest BCUT2D eigenvalue weighted by Gasteiger charge is -2.01. The Bertz CT molecular complexity index is 639. The summed E-state index contributed by atoms with van der Waals surface area (Å²) in [5, 5.41) is 4.45. The van der Waals surface area contributed by atoms with E-state index in [4.69, 9.17) is 5.73 Å². The van der Waals surface area contributed by atoms with Crippen molar-refractivity contribution in [1.29, 1.82) is 0 Å². The molecular formula is C17H21N3O. The Morgan fingerprint density at radius 2 is 2.00 bits per heavy atom. The van der Waals surface area contributed by atoms with E-state index in [0.717, 1.165) is 35.6 Å². The molecule has 21 heavy (non-hydrogen) atoms. The molecule has 0 unspecified atom stereocenters. The molecule has 0 spiro atoms. The lowest BCUT2D eigenvalue weighted by atomic mass is 10.1. The van der Waals surface area contributed by atoms with Crippen molar-refractivity contribution in [3.63, 3.8) is 0 Å². The van der Waals surface area contributed by atoms with Crippen LogP contribution >= 0.6 is 0 Å². The summed E-state index contributed by atoms with van der Waals surface area (Å²) < 4.78 is 1.90. The van der Waals surface area contributed by atoms with Gasteiger partial charge >= 0.3 is 0 Å². The smallest absolute Gasteiger partial charge is 0.161 e. The standard InChI is InChI=1S/C17H21N3O/c1-3-15-11-16(20(4-2)19-15)12-17(21)10-7-13-5-8-14(18)9-6-13/h5-11H,3-4,12,18H2,1-2H3/b10-7+. The molecular weight excluding hydrogens is 262 g/mol. The molecule has 0 amide bonds. The number of benzene rings is 1. The van der Waals surface area contributed by atoms with E-state index < -0.39 is 0 Å². The Balaban J connectivity index is 2.04. The minimum absolute atomic E-state index is 0.0732. The van der Waals surface area contributed by atoms with Crippen LogP contribution in [0.25, 0.3) is 6.08 Å². The van der Waals surface area contributed by atoms with Gasteiger partial charge in [0.05, 0.1) is 12.1 Å². The first-order chi connectivity index (χ1) is 10.1. The molecule has 2 aromatic rings. The van der Waals surface area contributed by atoms with Gasteiger partial charge in [-0.2, -0.15) is 5.10 Å². The molecule has 0 aliphatic heterocycles. The lowest BCUT2D eigenvalue weighted by molar-refractivity contribution is -0.114. The summed E-state index contributed by atoms with van der Waals surface area (Å²) >= 11 is 0. The fourth-order valence-corrected chi connectivity index (χ4v) is 2.14. The van der Waals surface area contributed by atoms with Gasteiger partial charge in [-0.25, -0.2) is 0 Å². The molecule has 2 rings (SSSR count). The van der Waals surface area contributed by atoms with Gasteiger partial charge in [0.1, 0.15) is 0 Å². The molecule has 0 saturated heterocycles. The predicted molar refractivity (Wildman–Crippen MR) is 85.9 cm³/mol. The van der Waals surface area contributed by atoms with Crippen LogP contribution < -0.4 is 5.73 Å². The summed E-state index contributed by atoms with van der Waals surface area (Å²) in [6.45, 7) is 4.88. The number of nitrogen functional groups attached to an aromatic ring is 1. The second kappa shape index (κ2) is 6.88. The number of anilines is 1. The average Bonchev–Trinajstić information content (AvgIpc) is 2.89. The Kier molecular flexibility index (Phi) is 4.93. The van der Waals surface area contributed by atoms with Gasteiger partial charge in [-0.15, -0.1) is 0 Å². The molecule has 0 radical (unpaired) electrons. The number of carbonyl (C=O) groups excluding carboxylic acids is 1. The van der Waals surface area contributed by atoms with Crippen molar-refractivity contribution in [2.24, 2.45) is 0 Å². The summed E-state index contributed by atoms with van der Waals surface area (Å²) in [5.74, 6) is 0.0732. The van der Waals surface area contributed by atoms with Crippen LogP contribution in [0.3, 0.4) is 0 Å². The largest absolute Gasteiger partial charge is 0.399 e. The number of aryl methyl sites for hydroxylation is 2. The van der Waals surface area contributed by atoms with Crippen LogP contribution in [0.4, 0.5) is 5.69 Å². The molecule has 0 aliphatic carbocycles. The number of nitrogens with zero attached hydrogens (tertiary/aromatic N) is 2. The van der Waals surface area contributed by atoms with Gasteiger partial charge in [0.25, 0.3) is 0 Å². The normalized spacial score (nSPS) is 11.1. The summed E-state index contributed by atoms with van der Waals surface area (Å²) in [5.41, 5.74) is 9.32. The Labute approximate surface area is 125 Å². The van der Waals surface area contributed by atoms with Crippen molar-refractivity contribution in [2.75, 3.05) is 5.73 Å². The zero-order valence-corrected chi connectivity index (χ0v) is 12.5. The fraction of sp³-hybridized carbons (Fsp3) is 0.294. The van der Waals surface area contributed by atoms with Gasteiger partial charge in [0, 0.05) is 17.9 Å². The van der Waals surface area contributed by atoms with E-state index in [1.54, 1.807) is 6.08 Å². The van der Waals surface area contributed by atoms with Crippen LogP contribution in [0, 0.1) is 0 Å². The molecule has 1 aromatic carbocycles. The molecule has 1 aromatic heterocycles. The van der Waals surface area contributed by atoms with Crippen molar-refractivity contribution in [3.8, 4) is 0 Å². The van der Waals surface area contributed by atoms with Crippen LogP contribution in [0.1, 0.15) is 30.8 Å². The maximum absolute atomic E-state index is 12.1. The quantitative estimate of drug-likeness (QED) is 0.655. The third-order valence-electron chi connectivity index (χ3n) is 3.33. The first kappa shape index (κ1) is 15.0. The van der Waals surface area contributed by atoms with Crippen LogP contribution in [0.5, 0.6) is 0 Å². The number of nitrogens with two attached hydrogens (primary N) is 1. The Hall–Kier alpha value is -2.36. The number of rotatable bonds is 6. The molecule has 0 aliphatic rings. The highest BCUT2D eigenvalue weighted by atomic mass is 16.1. The molecule has 0 bridgehead atoms. The van der Waals surface area contributed by atoms with Crippen molar-refractivity contribution >= 4 is 17.5 Å². The molecule has 4 heteroatoms. The van der Waals surface area contributed by atoms with Crippen LogP contribution in [0.15, 0.2) is 36.4 Å². The zero-order chi connectivity index (χ0) is 15.2. The van der Waals surface area contributed by atoms with Gasteiger partial charge in [0.2, 0.25) is 0 Å². The number of ketones is 1. The number of carbonyl (C=O) groups is 1. The molecule has 1 heterocycles. The van der Waals surface area contributed by atoms with Crippen molar-refractivity contribution in [1.82, 2.24) is 9.78 Å². The van der Waals surface area contributed by atoms with E-state index in [0.29, 0.717) is 6.42 Å². The minimum Gasteiger partial charge on any atom is -0.399 e. The highest BCUT2D eigenvalue weighted by molar-refractivity contribution is 5.94. The SMILES string of the molecule is CCc1cc(CC(=O)/C=C/c2ccc(N)cc2)n(CC)n1. The van der Waals surface area contributed by atoms with E-state index in [-0.39, 0.29) is 5.78 Å². The predicted octanol–water partition coefficient (Wildman–Crippen LogP) is 2.87. The molecule has 0 fully saturated rings. The highest BCUT2D eigenvalue weighted by Crippen LogP contribution is 2.09. The van der Waals surface area contributed by atoms with E-state index in [1.165, 1.54) is 0 Å². The van der Waals surface area contributed by atoms with Crippen LogP contribution in [-0.4, -0.2) is 15.6 Å². The van der Waals surface area contributed by atoms with Crippen molar-refractivity contribution in [3.05, 3.63) is 53.4 Å². The molecule has 2 N–H and O–H groups in total. The van der Waals surface area contributed by atoms with E-state index in [2.05, 4.69) is 12.0 Å². The third-order valence-corrected chi connectivity index (χ3v) is 3.33. The third kappa shape index (κ3) is 4.05. The molecule has 0 atom stereocenters. The zero-order valence-electron chi connectivity index (χ0n) is 12.5. The maximum Gasteiger partial charge on any atom is 0.161 e. The summed E-state index contributed by atoms with van der Waals surface area (Å²) in [6, 6.07) is 9.45. The number of aromatic nitrogens is 2. The Morgan fingerprint density at radius 1 is 1.29 bits per heavy atom. The van der Waals surface area contributed by atoms with Gasteiger partial charge in [0.15, 0.2) is 5.78 Å². The first-order valence-corrected chi connectivity index (χ1v) is 7.24. The number of hydrogen-bond acceptors (Lipinski definition) is 3. The topological polar surface area (TPSA) is 60.9 Å². The van der Waals surface area contributed by atoms with E-state index in [9.17, 15) is 4.79 Å². The van der Waals surface area contributed by atoms with Gasteiger partial charge in [-0.1, -0.05) is 25.1 Å². The number of allylic oxidation sites excluding steroid dienone is 1.